The number of benzene rings is 3. The SMILES string of the molecule is COC(=O)c1ccc(OC(=O)c2ccc3c(c2)C(=O)N(c2cc(C)ccc2C)C3=O)cc1. The predicted octanol–water partition coefficient (Wildman–Crippen LogP) is 4.11. The van der Waals surface area contributed by atoms with E-state index in [2.05, 4.69) is 4.74 Å². The number of rotatable bonds is 4. The van der Waals surface area contributed by atoms with E-state index in [-0.39, 0.29) is 22.4 Å². The Hall–Kier alpha value is -4.26. The molecule has 1 aliphatic rings. The fourth-order valence-corrected chi connectivity index (χ4v) is 3.49. The molecule has 1 aliphatic heterocycles. The Bertz CT molecular complexity index is 1280. The van der Waals surface area contributed by atoms with Crippen LogP contribution < -0.4 is 9.64 Å². The van der Waals surface area contributed by atoms with Crippen molar-refractivity contribution >= 4 is 29.4 Å². The van der Waals surface area contributed by atoms with Gasteiger partial charge in [0.15, 0.2) is 0 Å². The van der Waals surface area contributed by atoms with Crippen LogP contribution in [-0.4, -0.2) is 30.9 Å². The number of methoxy groups -OCH3 is 1. The number of carbonyl (C=O) groups is 4. The van der Waals surface area contributed by atoms with E-state index in [9.17, 15) is 19.2 Å². The Morgan fingerprint density at radius 2 is 1.41 bits per heavy atom. The van der Waals surface area contributed by atoms with Gasteiger partial charge in [-0.15, -0.1) is 0 Å². The number of nitrogens with zero attached hydrogens (tertiary/aromatic N) is 1. The molecule has 32 heavy (non-hydrogen) atoms. The molecule has 4 rings (SSSR count). The maximum Gasteiger partial charge on any atom is 0.343 e. The smallest absolute Gasteiger partial charge is 0.343 e. The lowest BCUT2D eigenvalue weighted by Crippen LogP contribution is -2.30. The average Bonchev–Trinajstić information content (AvgIpc) is 3.04. The molecule has 0 aliphatic carbocycles. The molecule has 3 aromatic carbocycles. The first-order chi connectivity index (χ1) is 15.3. The summed E-state index contributed by atoms with van der Waals surface area (Å²) in [6.07, 6.45) is 0. The molecule has 0 fully saturated rings. The van der Waals surface area contributed by atoms with Gasteiger partial charge in [0.25, 0.3) is 11.8 Å². The minimum Gasteiger partial charge on any atom is -0.465 e. The summed E-state index contributed by atoms with van der Waals surface area (Å²) in [6, 6.07) is 15.7. The molecule has 0 unspecified atom stereocenters. The van der Waals surface area contributed by atoms with Crippen LogP contribution in [0.2, 0.25) is 0 Å². The lowest BCUT2D eigenvalue weighted by Gasteiger charge is -2.17. The highest BCUT2D eigenvalue weighted by Gasteiger charge is 2.38. The van der Waals surface area contributed by atoms with Gasteiger partial charge in [-0.3, -0.25) is 9.59 Å². The summed E-state index contributed by atoms with van der Waals surface area (Å²) in [5.74, 6) is -1.89. The summed E-state index contributed by atoms with van der Waals surface area (Å²) in [5.41, 5.74) is 3.06. The largest absolute Gasteiger partial charge is 0.465 e. The second-order valence-electron chi connectivity index (χ2n) is 7.40. The van der Waals surface area contributed by atoms with E-state index < -0.39 is 23.8 Å². The van der Waals surface area contributed by atoms with Gasteiger partial charge in [-0.1, -0.05) is 12.1 Å². The molecule has 0 bridgehead atoms. The zero-order valence-corrected chi connectivity index (χ0v) is 17.7. The van der Waals surface area contributed by atoms with Crippen LogP contribution in [0, 0.1) is 13.8 Å². The normalized spacial score (nSPS) is 12.5. The standard InChI is InChI=1S/C25H19NO6/c1-14-4-5-15(2)21(12-14)26-22(27)19-11-8-17(13-20(19)23(26)28)25(30)32-18-9-6-16(7-10-18)24(29)31-3/h4-13H,1-3H3. The highest BCUT2D eigenvalue weighted by atomic mass is 16.5. The van der Waals surface area contributed by atoms with E-state index in [0.717, 1.165) is 16.0 Å². The van der Waals surface area contributed by atoms with E-state index in [1.165, 1.54) is 49.6 Å². The molecule has 160 valence electrons. The highest BCUT2D eigenvalue weighted by molar-refractivity contribution is 6.35. The maximum absolute atomic E-state index is 13.0. The Morgan fingerprint density at radius 3 is 2.09 bits per heavy atom. The Kier molecular flexibility index (Phi) is 5.32. The number of fused-ring (bicyclic) bond motifs is 1. The molecular formula is C25H19NO6. The zero-order valence-electron chi connectivity index (χ0n) is 17.7. The number of imide groups is 1. The van der Waals surface area contributed by atoms with Crippen LogP contribution in [0.1, 0.15) is 52.6 Å². The third-order valence-corrected chi connectivity index (χ3v) is 5.21. The monoisotopic (exact) mass is 429 g/mol. The zero-order chi connectivity index (χ0) is 23.0. The van der Waals surface area contributed by atoms with Gasteiger partial charge < -0.3 is 9.47 Å². The topological polar surface area (TPSA) is 90.0 Å². The fraction of sp³-hybridized carbons (Fsp3) is 0.120. The number of ether oxygens (including phenoxy) is 2. The predicted molar refractivity (Wildman–Crippen MR) is 116 cm³/mol. The number of anilines is 1. The van der Waals surface area contributed by atoms with Crippen molar-refractivity contribution in [2.45, 2.75) is 13.8 Å². The first-order valence-electron chi connectivity index (χ1n) is 9.81. The van der Waals surface area contributed by atoms with Gasteiger partial charge in [0.2, 0.25) is 0 Å². The minimum absolute atomic E-state index is 0.129. The lowest BCUT2D eigenvalue weighted by atomic mass is 10.1. The van der Waals surface area contributed by atoms with Crippen molar-refractivity contribution in [1.29, 1.82) is 0 Å². The molecule has 0 saturated heterocycles. The van der Waals surface area contributed by atoms with Crippen LogP contribution in [0.25, 0.3) is 0 Å². The van der Waals surface area contributed by atoms with Crippen molar-refractivity contribution < 1.29 is 28.7 Å². The second kappa shape index (κ2) is 8.11. The number of aryl methyl sites for hydroxylation is 2. The van der Waals surface area contributed by atoms with Gasteiger partial charge in [0, 0.05) is 0 Å². The number of hydrogen-bond donors (Lipinski definition) is 0. The molecule has 0 spiro atoms. The van der Waals surface area contributed by atoms with E-state index in [4.69, 9.17) is 4.74 Å². The van der Waals surface area contributed by atoms with E-state index in [1.54, 1.807) is 6.07 Å². The minimum atomic E-state index is -0.691. The fourth-order valence-electron chi connectivity index (χ4n) is 3.49. The van der Waals surface area contributed by atoms with Crippen LogP contribution in [0.5, 0.6) is 5.75 Å². The van der Waals surface area contributed by atoms with Crippen molar-refractivity contribution in [2.24, 2.45) is 0 Å². The molecule has 7 nitrogen and oxygen atoms in total. The molecule has 2 amide bonds. The number of amides is 2. The number of carbonyl (C=O) groups excluding carboxylic acids is 4. The van der Waals surface area contributed by atoms with E-state index in [0.29, 0.717) is 11.3 Å². The van der Waals surface area contributed by atoms with Crippen LogP contribution in [0.3, 0.4) is 0 Å². The first-order valence-corrected chi connectivity index (χ1v) is 9.81. The lowest BCUT2D eigenvalue weighted by molar-refractivity contribution is 0.0600. The summed E-state index contributed by atoms with van der Waals surface area (Å²) < 4.78 is 9.97. The second-order valence-corrected chi connectivity index (χ2v) is 7.40. The Labute approximate surface area is 184 Å². The van der Waals surface area contributed by atoms with Crippen LogP contribution in [-0.2, 0) is 4.74 Å². The molecular weight excluding hydrogens is 410 g/mol. The molecule has 1 heterocycles. The molecule has 0 atom stereocenters. The molecule has 3 aromatic rings. The summed E-state index contributed by atoms with van der Waals surface area (Å²) in [5, 5.41) is 0. The number of esters is 2. The summed E-state index contributed by atoms with van der Waals surface area (Å²) in [4.78, 5) is 51.2. The van der Waals surface area contributed by atoms with Gasteiger partial charge in [-0.2, -0.15) is 0 Å². The summed E-state index contributed by atoms with van der Waals surface area (Å²) in [6.45, 7) is 3.71. The molecule has 7 heteroatoms. The van der Waals surface area contributed by atoms with Crippen molar-refractivity contribution in [1.82, 2.24) is 0 Å². The summed E-state index contributed by atoms with van der Waals surface area (Å²) in [7, 11) is 1.28. The molecule has 0 radical (unpaired) electrons. The van der Waals surface area contributed by atoms with Crippen molar-refractivity contribution in [3.63, 3.8) is 0 Å². The van der Waals surface area contributed by atoms with Gasteiger partial charge >= 0.3 is 11.9 Å². The van der Waals surface area contributed by atoms with Gasteiger partial charge in [-0.25, -0.2) is 14.5 Å². The van der Waals surface area contributed by atoms with Gasteiger partial charge in [0.1, 0.15) is 5.75 Å². The van der Waals surface area contributed by atoms with Gasteiger partial charge in [-0.05, 0) is 73.5 Å². The Morgan fingerprint density at radius 1 is 0.750 bits per heavy atom. The molecule has 0 saturated carbocycles. The molecule has 0 aromatic heterocycles. The third kappa shape index (κ3) is 3.65. The van der Waals surface area contributed by atoms with Crippen molar-refractivity contribution in [3.8, 4) is 5.75 Å². The maximum atomic E-state index is 13.0. The molecule has 0 N–H and O–H groups in total. The summed E-state index contributed by atoms with van der Waals surface area (Å²) >= 11 is 0. The van der Waals surface area contributed by atoms with Crippen molar-refractivity contribution in [3.05, 3.63) is 94.0 Å². The first kappa shape index (κ1) is 21.0. The van der Waals surface area contributed by atoms with Crippen LogP contribution in [0.4, 0.5) is 5.69 Å². The van der Waals surface area contributed by atoms with Gasteiger partial charge in [0.05, 0.1) is 35.1 Å². The average molecular weight is 429 g/mol. The van der Waals surface area contributed by atoms with E-state index in [1.807, 2.05) is 26.0 Å². The quantitative estimate of drug-likeness (QED) is 0.352. The van der Waals surface area contributed by atoms with Crippen LogP contribution in [0.15, 0.2) is 60.7 Å². The van der Waals surface area contributed by atoms with Crippen molar-refractivity contribution in [2.75, 3.05) is 12.0 Å². The number of hydrogen-bond acceptors (Lipinski definition) is 6. The Balaban J connectivity index is 1.59. The highest BCUT2D eigenvalue weighted by Crippen LogP contribution is 2.32. The third-order valence-electron chi connectivity index (χ3n) is 5.21. The van der Waals surface area contributed by atoms with Crippen LogP contribution >= 0.6 is 0 Å². The van der Waals surface area contributed by atoms with E-state index >= 15 is 0 Å².